The lowest BCUT2D eigenvalue weighted by Crippen LogP contribution is -1.97. The van der Waals surface area contributed by atoms with Gasteiger partial charge in [0.05, 0.1) is 0 Å². The number of aromatic nitrogens is 2. The molecule has 2 aromatic heterocycles. The Bertz CT molecular complexity index is 490. The third-order valence-electron chi connectivity index (χ3n) is 1.97. The fourth-order valence-corrected chi connectivity index (χ4v) is 1.26. The van der Waals surface area contributed by atoms with Gasteiger partial charge in [0.1, 0.15) is 5.65 Å². The van der Waals surface area contributed by atoms with Crippen LogP contribution in [-0.4, -0.2) is 20.5 Å². The molecule has 3 N–H and O–H groups in total. The van der Waals surface area contributed by atoms with E-state index < -0.39 is 5.97 Å². The Morgan fingerprint density at radius 1 is 1.50 bits per heavy atom. The van der Waals surface area contributed by atoms with Gasteiger partial charge in [-0.25, -0.2) is 9.78 Å². The molecule has 0 aromatic carbocycles. The third kappa shape index (κ3) is 1.33. The van der Waals surface area contributed by atoms with Crippen molar-refractivity contribution in [1.82, 2.24) is 9.38 Å². The molecule has 0 aliphatic heterocycles. The van der Waals surface area contributed by atoms with Gasteiger partial charge in [-0.2, -0.15) is 0 Å². The van der Waals surface area contributed by atoms with E-state index in [9.17, 15) is 4.79 Å². The van der Waals surface area contributed by atoms with E-state index in [-0.39, 0.29) is 5.69 Å². The highest BCUT2D eigenvalue weighted by molar-refractivity contribution is 5.86. The minimum absolute atomic E-state index is 0.0409. The molecule has 0 radical (unpaired) electrons. The van der Waals surface area contributed by atoms with Gasteiger partial charge in [-0.15, -0.1) is 0 Å². The van der Waals surface area contributed by atoms with Crippen LogP contribution in [0.1, 0.15) is 16.1 Å². The van der Waals surface area contributed by atoms with Gasteiger partial charge in [-0.1, -0.05) is 6.07 Å². The Morgan fingerprint density at radius 2 is 2.29 bits per heavy atom. The maximum absolute atomic E-state index is 10.6. The Hall–Kier alpha value is -1.88. The van der Waals surface area contributed by atoms with E-state index in [0.29, 0.717) is 12.2 Å². The van der Waals surface area contributed by atoms with Gasteiger partial charge in [0.2, 0.25) is 0 Å². The second-order valence-corrected chi connectivity index (χ2v) is 2.94. The Morgan fingerprint density at radius 3 is 2.93 bits per heavy atom. The SMILES string of the molecule is NCc1ccc2nc(C(=O)O)cn2c1. The largest absolute Gasteiger partial charge is 0.476 e. The van der Waals surface area contributed by atoms with Crippen LogP contribution >= 0.6 is 0 Å². The average molecular weight is 191 g/mol. The Labute approximate surface area is 79.8 Å². The smallest absolute Gasteiger partial charge is 0.356 e. The van der Waals surface area contributed by atoms with E-state index in [0.717, 1.165) is 5.56 Å². The van der Waals surface area contributed by atoms with Crippen molar-refractivity contribution >= 4 is 11.6 Å². The van der Waals surface area contributed by atoms with E-state index in [4.69, 9.17) is 10.8 Å². The molecular formula is C9H9N3O2. The van der Waals surface area contributed by atoms with Crippen LogP contribution in [0.5, 0.6) is 0 Å². The van der Waals surface area contributed by atoms with Crippen LogP contribution in [0.2, 0.25) is 0 Å². The summed E-state index contributed by atoms with van der Waals surface area (Å²) in [5, 5.41) is 8.71. The zero-order valence-corrected chi connectivity index (χ0v) is 7.34. The van der Waals surface area contributed by atoms with Gasteiger partial charge in [0.25, 0.3) is 0 Å². The first kappa shape index (κ1) is 8.71. The third-order valence-corrected chi connectivity index (χ3v) is 1.97. The lowest BCUT2D eigenvalue weighted by molar-refractivity contribution is 0.0691. The fraction of sp³-hybridized carbons (Fsp3) is 0.111. The zero-order valence-electron chi connectivity index (χ0n) is 7.34. The zero-order chi connectivity index (χ0) is 10.1. The molecule has 0 saturated carbocycles. The number of nitrogens with two attached hydrogens (primary N) is 1. The standard InChI is InChI=1S/C9H9N3O2/c10-3-6-1-2-8-11-7(9(13)14)5-12(8)4-6/h1-2,4-5H,3,10H2,(H,13,14). The van der Waals surface area contributed by atoms with Crippen molar-refractivity contribution < 1.29 is 9.90 Å². The first-order chi connectivity index (χ1) is 6.70. The van der Waals surface area contributed by atoms with Crippen LogP contribution in [0.15, 0.2) is 24.5 Å². The van der Waals surface area contributed by atoms with Crippen molar-refractivity contribution in [3.8, 4) is 0 Å². The lowest BCUT2D eigenvalue weighted by atomic mass is 10.3. The molecule has 0 aliphatic carbocycles. The van der Waals surface area contributed by atoms with E-state index >= 15 is 0 Å². The van der Waals surface area contributed by atoms with Crippen LogP contribution in [-0.2, 0) is 6.54 Å². The highest BCUT2D eigenvalue weighted by Crippen LogP contribution is 2.07. The number of rotatable bonds is 2. The van der Waals surface area contributed by atoms with Gasteiger partial charge in [0.15, 0.2) is 5.69 Å². The number of pyridine rings is 1. The van der Waals surface area contributed by atoms with Crippen LogP contribution in [0.25, 0.3) is 5.65 Å². The lowest BCUT2D eigenvalue weighted by Gasteiger charge is -1.96. The maximum Gasteiger partial charge on any atom is 0.356 e. The predicted molar refractivity (Wildman–Crippen MR) is 50.0 cm³/mol. The molecule has 0 atom stereocenters. The summed E-state index contributed by atoms with van der Waals surface area (Å²) in [6.07, 6.45) is 3.24. The molecule has 14 heavy (non-hydrogen) atoms. The van der Waals surface area contributed by atoms with E-state index in [1.165, 1.54) is 6.20 Å². The van der Waals surface area contributed by atoms with Crippen LogP contribution < -0.4 is 5.73 Å². The van der Waals surface area contributed by atoms with Crippen LogP contribution in [0.3, 0.4) is 0 Å². The van der Waals surface area contributed by atoms with Gasteiger partial charge >= 0.3 is 5.97 Å². The summed E-state index contributed by atoms with van der Waals surface area (Å²) in [5.41, 5.74) is 7.05. The summed E-state index contributed by atoms with van der Waals surface area (Å²) in [6.45, 7) is 0.427. The minimum Gasteiger partial charge on any atom is -0.476 e. The Balaban J connectivity index is 2.60. The maximum atomic E-state index is 10.6. The van der Waals surface area contributed by atoms with Gasteiger partial charge in [-0.3, -0.25) is 0 Å². The number of fused-ring (bicyclic) bond motifs is 1. The van der Waals surface area contributed by atoms with Crippen molar-refractivity contribution in [3.63, 3.8) is 0 Å². The summed E-state index contributed by atoms with van der Waals surface area (Å²) >= 11 is 0. The fourth-order valence-electron chi connectivity index (χ4n) is 1.26. The molecular weight excluding hydrogens is 182 g/mol. The molecule has 2 heterocycles. The number of carboxylic acid groups (broad SMARTS) is 1. The van der Waals surface area contributed by atoms with Gasteiger partial charge < -0.3 is 15.2 Å². The number of hydrogen-bond donors (Lipinski definition) is 2. The van der Waals surface area contributed by atoms with Crippen molar-refractivity contribution in [3.05, 3.63) is 35.8 Å². The van der Waals surface area contributed by atoms with Gasteiger partial charge in [0, 0.05) is 18.9 Å². The summed E-state index contributed by atoms with van der Waals surface area (Å²) < 4.78 is 1.66. The quantitative estimate of drug-likeness (QED) is 0.723. The summed E-state index contributed by atoms with van der Waals surface area (Å²) in [6, 6.07) is 3.57. The van der Waals surface area contributed by atoms with Crippen LogP contribution in [0.4, 0.5) is 0 Å². The van der Waals surface area contributed by atoms with E-state index in [2.05, 4.69) is 4.98 Å². The average Bonchev–Trinajstić information content (AvgIpc) is 2.59. The molecule has 2 aromatic rings. The number of carbonyl (C=O) groups is 1. The van der Waals surface area contributed by atoms with Crippen molar-refractivity contribution in [2.45, 2.75) is 6.54 Å². The molecule has 0 bridgehead atoms. The second-order valence-electron chi connectivity index (χ2n) is 2.94. The summed E-state index contributed by atoms with van der Waals surface area (Å²) in [7, 11) is 0. The molecule has 0 unspecified atom stereocenters. The number of aromatic carboxylic acids is 1. The number of carboxylic acids is 1. The van der Waals surface area contributed by atoms with Crippen molar-refractivity contribution in [1.29, 1.82) is 0 Å². The summed E-state index contributed by atoms with van der Waals surface area (Å²) in [5.74, 6) is -1.03. The topological polar surface area (TPSA) is 80.6 Å². The highest BCUT2D eigenvalue weighted by atomic mass is 16.4. The highest BCUT2D eigenvalue weighted by Gasteiger charge is 2.07. The Kier molecular flexibility index (Phi) is 1.94. The normalized spacial score (nSPS) is 10.6. The van der Waals surface area contributed by atoms with E-state index in [1.807, 2.05) is 6.07 Å². The number of nitrogens with zero attached hydrogens (tertiary/aromatic N) is 2. The molecule has 0 fully saturated rings. The number of imidazole rings is 1. The number of hydrogen-bond acceptors (Lipinski definition) is 3. The van der Waals surface area contributed by atoms with Crippen molar-refractivity contribution in [2.75, 3.05) is 0 Å². The molecule has 0 aliphatic rings. The molecule has 0 spiro atoms. The predicted octanol–water partition coefficient (Wildman–Crippen LogP) is 0.491. The molecule has 2 rings (SSSR count). The first-order valence-electron chi connectivity index (χ1n) is 4.11. The molecule has 5 heteroatoms. The summed E-state index contributed by atoms with van der Waals surface area (Å²) in [4.78, 5) is 14.5. The van der Waals surface area contributed by atoms with Crippen molar-refractivity contribution in [2.24, 2.45) is 5.73 Å². The second kappa shape index (κ2) is 3.12. The molecule has 72 valence electrons. The molecule has 0 saturated heterocycles. The van der Waals surface area contributed by atoms with E-state index in [1.54, 1.807) is 16.7 Å². The van der Waals surface area contributed by atoms with Gasteiger partial charge in [-0.05, 0) is 11.6 Å². The molecule has 0 amide bonds. The minimum atomic E-state index is -1.03. The molecule has 5 nitrogen and oxygen atoms in total. The van der Waals surface area contributed by atoms with Crippen LogP contribution in [0, 0.1) is 0 Å². The first-order valence-corrected chi connectivity index (χ1v) is 4.11. The monoisotopic (exact) mass is 191 g/mol.